The van der Waals surface area contributed by atoms with Crippen LogP contribution in [0.1, 0.15) is 32.6 Å². The number of hydrogen-bond donors (Lipinski definition) is 0. The van der Waals surface area contributed by atoms with E-state index in [1.807, 2.05) is 24.3 Å². The zero-order valence-corrected chi connectivity index (χ0v) is 18.5. The highest BCUT2D eigenvalue weighted by Gasteiger charge is 2.42. The number of ether oxygens (including phenoxy) is 1. The first-order valence-electron chi connectivity index (χ1n) is 10.9. The number of esters is 1. The molecule has 4 rings (SSSR count). The number of benzene rings is 2. The van der Waals surface area contributed by atoms with Gasteiger partial charge in [-0.3, -0.25) is 9.59 Å². The molecule has 0 saturated carbocycles. The maximum Gasteiger partial charge on any atom is 0.309 e. The van der Waals surface area contributed by atoms with Gasteiger partial charge in [-0.15, -0.1) is 0 Å². The Kier molecular flexibility index (Phi) is 6.29. The summed E-state index contributed by atoms with van der Waals surface area (Å²) >= 11 is 0. The zero-order chi connectivity index (χ0) is 22.0. The number of hydrogen-bond acceptors (Lipinski definition) is 5. The minimum absolute atomic E-state index is 0.163. The maximum absolute atomic E-state index is 13.4. The number of nitrogens with zero attached hydrogens (tertiary/aromatic N) is 2. The second kappa shape index (κ2) is 8.96. The van der Waals surface area contributed by atoms with Gasteiger partial charge in [-0.25, -0.2) is 8.42 Å². The smallest absolute Gasteiger partial charge is 0.309 e. The van der Waals surface area contributed by atoms with E-state index in [-0.39, 0.29) is 22.7 Å². The quantitative estimate of drug-likeness (QED) is 0.662. The molecule has 2 aliphatic rings. The van der Waals surface area contributed by atoms with E-state index in [0.717, 1.165) is 10.8 Å². The molecule has 0 unspecified atom stereocenters. The van der Waals surface area contributed by atoms with Crippen LogP contribution >= 0.6 is 0 Å². The molecule has 2 aromatic rings. The Morgan fingerprint density at radius 2 is 1.71 bits per heavy atom. The van der Waals surface area contributed by atoms with Crippen LogP contribution in [0.15, 0.2) is 47.4 Å². The fourth-order valence-corrected chi connectivity index (χ4v) is 6.23. The van der Waals surface area contributed by atoms with Crippen LogP contribution in [0.5, 0.6) is 0 Å². The van der Waals surface area contributed by atoms with Crippen molar-refractivity contribution in [1.29, 1.82) is 0 Å². The summed E-state index contributed by atoms with van der Waals surface area (Å²) in [7, 11) is -3.78. The minimum Gasteiger partial charge on any atom is -0.466 e. The van der Waals surface area contributed by atoms with Crippen LogP contribution < -0.4 is 0 Å². The number of sulfonamides is 1. The van der Waals surface area contributed by atoms with Crippen LogP contribution in [-0.4, -0.2) is 61.8 Å². The number of carbonyl (C=O) groups excluding carboxylic acids is 2. The Labute approximate surface area is 183 Å². The van der Waals surface area contributed by atoms with Gasteiger partial charge >= 0.3 is 5.97 Å². The number of fused-ring (bicyclic) bond motifs is 1. The molecule has 0 aromatic heterocycles. The third-order valence-electron chi connectivity index (χ3n) is 6.24. The van der Waals surface area contributed by atoms with Gasteiger partial charge in [0.2, 0.25) is 15.9 Å². The van der Waals surface area contributed by atoms with Crippen LogP contribution in [0.3, 0.4) is 0 Å². The summed E-state index contributed by atoms with van der Waals surface area (Å²) in [6.45, 7) is 3.36. The summed E-state index contributed by atoms with van der Waals surface area (Å²) in [6.07, 6.45) is 2.27. The molecule has 0 aliphatic carbocycles. The molecule has 7 nitrogen and oxygen atoms in total. The minimum atomic E-state index is -3.78. The lowest BCUT2D eigenvalue weighted by atomic mass is 9.96. The molecule has 0 bridgehead atoms. The lowest BCUT2D eigenvalue weighted by Crippen LogP contribution is -2.50. The second-order valence-corrected chi connectivity index (χ2v) is 10.0. The SMILES string of the molecule is CCOC(=O)C1CCN(C(=O)[C@H]2CCCN2S(=O)(=O)c2ccc3ccccc3c2)CC1. The first-order chi connectivity index (χ1) is 14.9. The summed E-state index contributed by atoms with van der Waals surface area (Å²) in [4.78, 5) is 27.1. The van der Waals surface area contributed by atoms with Gasteiger partial charge < -0.3 is 9.64 Å². The van der Waals surface area contributed by atoms with Gasteiger partial charge in [0.05, 0.1) is 17.4 Å². The highest BCUT2D eigenvalue weighted by molar-refractivity contribution is 7.89. The first-order valence-corrected chi connectivity index (χ1v) is 12.3. The standard InChI is InChI=1S/C23H28N2O5S/c1-2-30-23(27)18-11-14-24(15-12-18)22(26)21-8-5-13-25(21)31(28,29)20-10-9-17-6-3-4-7-19(17)16-20/h3-4,6-7,9-10,16,18,21H,2,5,8,11-15H2,1H3/t21-/m1/s1. The topological polar surface area (TPSA) is 84.0 Å². The van der Waals surface area contributed by atoms with Crippen molar-refractivity contribution in [3.8, 4) is 0 Å². The monoisotopic (exact) mass is 444 g/mol. The lowest BCUT2D eigenvalue weighted by molar-refractivity contribution is -0.151. The molecule has 0 N–H and O–H groups in total. The normalized spacial score (nSPS) is 20.8. The van der Waals surface area contributed by atoms with Crippen molar-refractivity contribution in [2.45, 2.75) is 43.5 Å². The molecule has 2 fully saturated rings. The number of carbonyl (C=O) groups is 2. The van der Waals surface area contributed by atoms with Crippen molar-refractivity contribution in [2.75, 3.05) is 26.2 Å². The molecule has 1 atom stereocenters. The molecule has 1 amide bonds. The molecule has 2 saturated heterocycles. The van der Waals surface area contributed by atoms with E-state index in [2.05, 4.69) is 0 Å². The predicted octanol–water partition coefficient (Wildman–Crippen LogP) is 2.79. The van der Waals surface area contributed by atoms with E-state index >= 15 is 0 Å². The molecule has 2 heterocycles. The van der Waals surface area contributed by atoms with Crippen molar-refractivity contribution in [2.24, 2.45) is 5.92 Å². The molecular formula is C23H28N2O5S. The van der Waals surface area contributed by atoms with Crippen molar-refractivity contribution in [3.63, 3.8) is 0 Å². The summed E-state index contributed by atoms with van der Waals surface area (Å²) in [5, 5.41) is 1.83. The second-order valence-electron chi connectivity index (χ2n) is 8.13. The average Bonchev–Trinajstić information content (AvgIpc) is 3.29. The van der Waals surface area contributed by atoms with Gasteiger partial charge in [-0.1, -0.05) is 30.3 Å². The van der Waals surface area contributed by atoms with Crippen molar-refractivity contribution >= 4 is 32.7 Å². The summed E-state index contributed by atoms with van der Waals surface area (Å²) in [6, 6.07) is 12.0. The highest BCUT2D eigenvalue weighted by atomic mass is 32.2. The van der Waals surface area contributed by atoms with Gasteiger partial charge in [0.1, 0.15) is 6.04 Å². The first kappa shape index (κ1) is 21.8. The van der Waals surface area contributed by atoms with Gasteiger partial charge in [0, 0.05) is 19.6 Å². The Hall–Kier alpha value is -2.45. The molecule has 31 heavy (non-hydrogen) atoms. The van der Waals surface area contributed by atoms with E-state index in [1.165, 1.54) is 4.31 Å². The lowest BCUT2D eigenvalue weighted by Gasteiger charge is -2.34. The van der Waals surface area contributed by atoms with E-state index < -0.39 is 16.1 Å². The Morgan fingerprint density at radius 3 is 2.42 bits per heavy atom. The fraction of sp³-hybridized carbons (Fsp3) is 0.478. The average molecular weight is 445 g/mol. The number of likely N-dealkylation sites (tertiary alicyclic amines) is 1. The van der Waals surface area contributed by atoms with Crippen LogP contribution in [-0.2, 0) is 24.3 Å². The Balaban J connectivity index is 1.49. The Morgan fingerprint density at radius 1 is 1.00 bits per heavy atom. The fourth-order valence-electron chi connectivity index (χ4n) is 4.54. The highest BCUT2D eigenvalue weighted by Crippen LogP contribution is 2.30. The molecular weight excluding hydrogens is 416 g/mol. The van der Waals surface area contributed by atoms with Crippen LogP contribution in [0.4, 0.5) is 0 Å². The summed E-state index contributed by atoms with van der Waals surface area (Å²) in [5.41, 5.74) is 0. The predicted molar refractivity (Wildman–Crippen MR) is 117 cm³/mol. The number of amides is 1. The van der Waals surface area contributed by atoms with E-state index in [0.29, 0.717) is 51.9 Å². The zero-order valence-electron chi connectivity index (χ0n) is 17.7. The van der Waals surface area contributed by atoms with Crippen molar-refractivity contribution in [1.82, 2.24) is 9.21 Å². The van der Waals surface area contributed by atoms with Gasteiger partial charge in [0.15, 0.2) is 0 Å². The largest absolute Gasteiger partial charge is 0.466 e. The summed E-state index contributed by atoms with van der Waals surface area (Å²) in [5.74, 6) is -0.565. The van der Waals surface area contributed by atoms with Crippen LogP contribution in [0.2, 0.25) is 0 Å². The van der Waals surface area contributed by atoms with Gasteiger partial charge in [-0.2, -0.15) is 4.31 Å². The van der Waals surface area contributed by atoms with Gasteiger partial charge in [-0.05, 0) is 55.5 Å². The maximum atomic E-state index is 13.4. The molecule has 0 radical (unpaired) electrons. The number of rotatable bonds is 5. The van der Waals surface area contributed by atoms with E-state index in [4.69, 9.17) is 4.74 Å². The third kappa shape index (κ3) is 4.32. The van der Waals surface area contributed by atoms with E-state index in [1.54, 1.807) is 30.0 Å². The van der Waals surface area contributed by atoms with E-state index in [9.17, 15) is 18.0 Å². The molecule has 166 valence electrons. The molecule has 0 spiro atoms. The Bertz CT molecular complexity index is 1080. The van der Waals surface area contributed by atoms with Crippen molar-refractivity contribution < 1.29 is 22.7 Å². The molecule has 8 heteroatoms. The van der Waals surface area contributed by atoms with Gasteiger partial charge in [0.25, 0.3) is 0 Å². The van der Waals surface area contributed by atoms with Crippen LogP contribution in [0.25, 0.3) is 10.8 Å². The van der Waals surface area contributed by atoms with Crippen LogP contribution in [0, 0.1) is 5.92 Å². The number of piperidine rings is 1. The third-order valence-corrected chi connectivity index (χ3v) is 8.15. The summed E-state index contributed by atoms with van der Waals surface area (Å²) < 4.78 is 33.2. The van der Waals surface area contributed by atoms with Crippen molar-refractivity contribution in [3.05, 3.63) is 42.5 Å². The molecule has 2 aromatic carbocycles. The molecule has 2 aliphatic heterocycles.